The second-order valence-electron chi connectivity index (χ2n) is 3.21. The molecular weight excluding hydrogens is 230 g/mol. The maximum atomic E-state index is 5.86. The van der Waals surface area contributed by atoms with E-state index in [-0.39, 0.29) is 6.17 Å². The minimum absolute atomic E-state index is 0.0150. The first-order chi connectivity index (χ1) is 6.27. The highest BCUT2D eigenvalue weighted by atomic mass is 79.9. The summed E-state index contributed by atoms with van der Waals surface area (Å²) in [5, 5.41) is 0. The first-order valence-electron chi connectivity index (χ1n) is 4.27. The summed E-state index contributed by atoms with van der Waals surface area (Å²) in [5.74, 6) is 0.369. The van der Waals surface area contributed by atoms with Crippen LogP contribution in [-0.4, -0.2) is 12.7 Å². The van der Waals surface area contributed by atoms with Crippen molar-refractivity contribution in [1.82, 2.24) is 10.9 Å². The molecule has 1 aromatic carbocycles. The van der Waals surface area contributed by atoms with E-state index >= 15 is 0 Å². The Labute approximate surface area is 85.8 Å². The summed E-state index contributed by atoms with van der Waals surface area (Å²) in [6.07, 6.45) is 0.0150. The Bertz CT molecular complexity index is 285. The van der Waals surface area contributed by atoms with Crippen molar-refractivity contribution >= 4 is 15.9 Å². The number of benzene rings is 1. The predicted molar refractivity (Wildman–Crippen MR) is 56.0 cm³/mol. The van der Waals surface area contributed by atoms with Crippen LogP contribution in [0.2, 0.25) is 0 Å². The summed E-state index contributed by atoms with van der Waals surface area (Å²) < 4.78 is 1.10. The Balaban J connectivity index is 2.20. The Morgan fingerprint density at radius 2 is 2.00 bits per heavy atom. The molecule has 3 nitrogen and oxygen atoms in total. The maximum Gasteiger partial charge on any atom is 0.0761 e. The van der Waals surface area contributed by atoms with E-state index in [0.29, 0.717) is 5.92 Å². The van der Waals surface area contributed by atoms with Crippen LogP contribution in [-0.2, 0) is 0 Å². The highest BCUT2D eigenvalue weighted by molar-refractivity contribution is 9.10. The Kier molecular flexibility index (Phi) is 2.64. The van der Waals surface area contributed by atoms with Gasteiger partial charge in [0.2, 0.25) is 0 Å². The van der Waals surface area contributed by atoms with Crippen molar-refractivity contribution in [2.24, 2.45) is 5.73 Å². The van der Waals surface area contributed by atoms with Crippen LogP contribution in [0, 0.1) is 0 Å². The van der Waals surface area contributed by atoms with Gasteiger partial charge in [-0.2, -0.15) is 0 Å². The van der Waals surface area contributed by atoms with Gasteiger partial charge in [0.05, 0.1) is 6.17 Å². The van der Waals surface area contributed by atoms with Gasteiger partial charge in [-0.05, 0) is 17.7 Å². The topological polar surface area (TPSA) is 50.1 Å². The van der Waals surface area contributed by atoms with Gasteiger partial charge in [0.25, 0.3) is 0 Å². The molecule has 4 N–H and O–H groups in total. The van der Waals surface area contributed by atoms with Gasteiger partial charge in [0.1, 0.15) is 0 Å². The van der Waals surface area contributed by atoms with E-state index < -0.39 is 0 Å². The van der Waals surface area contributed by atoms with Gasteiger partial charge in [-0.25, -0.2) is 5.43 Å². The third-order valence-corrected chi connectivity index (χ3v) is 2.85. The summed E-state index contributed by atoms with van der Waals surface area (Å²) in [7, 11) is 0. The second kappa shape index (κ2) is 3.75. The molecular formula is C9H12BrN3. The van der Waals surface area contributed by atoms with Crippen LogP contribution in [0.25, 0.3) is 0 Å². The molecule has 0 saturated carbocycles. The monoisotopic (exact) mass is 241 g/mol. The number of nitrogens with two attached hydrogens (primary N) is 1. The number of halogens is 1. The van der Waals surface area contributed by atoms with Crippen LogP contribution < -0.4 is 16.6 Å². The quantitative estimate of drug-likeness (QED) is 0.686. The van der Waals surface area contributed by atoms with Gasteiger partial charge in [0, 0.05) is 16.9 Å². The molecule has 0 aliphatic carbocycles. The molecule has 1 saturated heterocycles. The van der Waals surface area contributed by atoms with E-state index in [2.05, 4.69) is 38.9 Å². The second-order valence-corrected chi connectivity index (χ2v) is 4.12. The van der Waals surface area contributed by atoms with Gasteiger partial charge in [-0.1, -0.05) is 28.1 Å². The van der Waals surface area contributed by atoms with Crippen molar-refractivity contribution in [3.8, 4) is 0 Å². The zero-order chi connectivity index (χ0) is 9.26. The predicted octanol–water partition coefficient (Wildman–Crippen LogP) is 0.925. The van der Waals surface area contributed by atoms with Crippen LogP contribution >= 0.6 is 15.9 Å². The standard InChI is InChI=1S/C9H12BrN3/c10-7-3-1-6(2-4-7)8-5-12-13-9(8)11/h1-4,8-9,12-13H,5,11H2. The van der Waals surface area contributed by atoms with Crippen molar-refractivity contribution < 1.29 is 0 Å². The molecule has 0 spiro atoms. The van der Waals surface area contributed by atoms with Crippen LogP contribution in [0.1, 0.15) is 11.5 Å². The molecule has 0 radical (unpaired) electrons. The van der Waals surface area contributed by atoms with E-state index in [0.717, 1.165) is 11.0 Å². The lowest BCUT2D eigenvalue weighted by Crippen LogP contribution is -2.38. The van der Waals surface area contributed by atoms with Crippen molar-refractivity contribution in [2.45, 2.75) is 12.1 Å². The summed E-state index contributed by atoms with van der Waals surface area (Å²) in [6.45, 7) is 0.892. The number of hydrogen-bond donors (Lipinski definition) is 3. The molecule has 1 aliphatic heterocycles. The lowest BCUT2D eigenvalue weighted by atomic mass is 9.98. The largest absolute Gasteiger partial charge is 0.314 e. The number of rotatable bonds is 1. The van der Waals surface area contributed by atoms with E-state index in [1.165, 1.54) is 5.56 Å². The highest BCUT2D eigenvalue weighted by Gasteiger charge is 2.24. The van der Waals surface area contributed by atoms with Gasteiger partial charge >= 0.3 is 0 Å². The molecule has 2 unspecified atom stereocenters. The Morgan fingerprint density at radius 3 is 2.54 bits per heavy atom. The summed E-state index contributed by atoms with van der Waals surface area (Å²) >= 11 is 3.41. The molecule has 1 aliphatic rings. The number of hydrazine groups is 1. The fourth-order valence-electron chi connectivity index (χ4n) is 1.55. The van der Waals surface area contributed by atoms with Gasteiger partial charge in [-0.15, -0.1) is 0 Å². The first-order valence-corrected chi connectivity index (χ1v) is 5.06. The number of nitrogens with one attached hydrogen (secondary N) is 2. The minimum Gasteiger partial charge on any atom is -0.314 e. The molecule has 4 heteroatoms. The van der Waals surface area contributed by atoms with E-state index in [1.54, 1.807) is 0 Å². The molecule has 70 valence electrons. The van der Waals surface area contributed by atoms with Crippen LogP contribution in [0.15, 0.2) is 28.7 Å². The Hall–Kier alpha value is -0.420. The normalized spacial score (nSPS) is 27.8. The average Bonchev–Trinajstić information content (AvgIpc) is 2.53. The van der Waals surface area contributed by atoms with Gasteiger partial charge in [-0.3, -0.25) is 5.43 Å². The fraction of sp³-hybridized carbons (Fsp3) is 0.333. The van der Waals surface area contributed by atoms with E-state index in [9.17, 15) is 0 Å². The Morgan fingerprint density at radius 1 is 1.31 bits per heavy atom. The molecule has 0 bridgehead atoms. The minimum atomic E-state index is 0.0150. The molecule has 1 aromatic rings. The molecule has 2 atom stereocenters. The summed E-state index contributed by atoms with van der Waals surface area (Å²) in [6, 6.07) is 8.29. The van der Waals surface area contributed by atoms with Crippen molar-refractivity contribution in [3.63, 3.8) is 0 Å². The molecule has 2 rings (SSSR count). The highest BCUT2D eigenvalue weighted by Crippen LogP contribution is 2.21. The van der Waals surface area contributed by atoms with Gasteiger partial charge in [0.15, 0.2) is 0 Å². The molecule has 13 heavy (non-hydrogen) atoms. The summed E-state index contributed by atoms with van der Waals surface area (Å²) in [4.78, 5) is 0. The lowest BCUT2D eigenvalue weighted by molar-refractivity contribution is 0.547. The molecule has 1 heterocycles. The van der Waals surface area contributed by atoms with Gasteiger partial charge < -0.3 is 5.73 Å². The summed E-state index contributed by atoms with van der Waals surface area (Å²) in [5.41, 5.74) is 13.2. The molecule has 1 fully saturated rings. The van der Waals surface area contributed by atoms with E-state index in [4.69, 9.17) is 5.73 Å². The van der Waals surface area contributed by atoms with E-state index in [1.807, 2.05) is 12.1 Å². The smallest absolute Gasteiger partial charge is 0.0761 e. The van der Waals surface area contributed by atoms with Crippen LogP contribution in [0.5, 0.6) is 0 Å². The molecule has 0 amide bonds. The molecule has 0 aromatic heterocycles. The number of hydrogen-bond acceptors (Lipinski definition) is 3. The van der Waals surface area contributed by atoms with Crippen molar-refractivity contribution in [1.29, 1.82) is 0 Å². The fourth-order valence-corrected chi connectivity index (χ4v) is 1.81. The van der Waals surface area contributed by atoms with Crippen molar-refractivity contribution in [3.05, 3.63) is 34.3 Å². The van der Waals surface area contributed by atoms with Crippen LogP contribution in [0.3, 0.4) is 0 Å². The zero-order valence-corrected chi connectivity index (χ0v) is 8.71. The zero-order valence-electron chi connectivity index (χ0n) is 7.13. The van der Waals surface area contributed by atoms with Crippen LogP contribution in [0.4, 0.5) is 0 Å². The average molecular weight is 242 g/mol. The SMILES string of the molecule is NC1NNCC1c1ccc(Br)cc1. The maximum absolute atomic E-state index is 5.86. The third-order valence-electron chi connectivity index (χ3n) is 2.32. The van der Waals surface area contributed by atoms with Crippen molar-refractivity contribution in [2.75, 3.05) is 6.54 Å². The lowest BCUT2D eigenvalue weighted by Gasteiger charge is -2.13. The third kappa shape index (κ3) is 1.91. The first kappa shape index (κ1) is 9.15.